The molecule has 1 aliphatic heterocycles. The number of piperidine rings is 1. The van der Waals surface area contributed by atoms with Crippen LogP contribution in [0.3, 0.4) is 0 Å². The Kier molecular flexibility index (Phi) is 9.12. The van der Waals surface area contributed by atoms with Crippen molar-refractivity contribution < 1.29 is 27.9 Å². The van der Waals surface area contributed by atoms with Gasteiger partial charge in [0.15, 0.2) is 0 Å². The third kappa shape index (κ3) is 6.06. The number of ether oxygens (including phenoxy) is 1. The summed E-state index contributed by atoms with van der Waals surface area (Å²) in [6, 6.07) is 9.00. The molecule has 10 heteroatoms. The summed E-state index contributed by atoms with van der Waals surface area (Å²) < 4.78 is 48.8. The number of carbonyl (C=O) groups is 1. The van der Waals surface area contributed by atoms with Crippen molar-refractivity contribution in [3.8, 4) is 5.75 Å². The number of likely N-dealkylation sites (tertiary alicyclic amines) is 1. The number of aromatic nitrogens is 1. The lowest BCUT2D eigenvalue weighted by Crippen LogP contribution is -2.48. The van der Waals surface area contributed by atoms with Crippen molar-refractivity contribution >= 4 is 28.4 Å². The molecule has 1 saturated heterocycles. The quantitative estimate of drug-likeness (QED) is 0.233. The third-order valence-electron chi connectivity index (χ3n) is 7.62. The smallest absolute Gasteiger partial charge is 0.249 e. The minimum atomic E-state index is -1.46. The molecule has 3 aromatic rings. The van der Waals surface area contributed by atoms with Crippen LogP contribution in [0.1, 0.15) is 49.4 Å². The average molecular weight is 550 g/mol. The lowest BCUT2D eigenvalue weighted by molar-refractivity contribution is -0.143. The summed E-state index contributed by atoms with van der Waals surface area (Å²) in [4.78, 5) is 19.1. The maximum atomic E-state index is 15.7. The van der Waals surface area contributed by atoms with Crippen LogP contribution >= 0.6 is 11.6 Å². The molecule has 0 radical (unpaired) electrons. The van der Waals surface area contributed by atoms with Crippen molar-refractivity contribution in [2.75, 3.05) is 26.7 Å². The minimum Gasteiger partial charge on any atom is -0.497 e. The first-order chi connectivity index (χ1) is 18.3. The molecule has 4 rings (SSSR count). The summed E-state index contributed by atoms with van der Waals surface area (Å²) in [5, 5.41) is 10.2. The third-order valence-corrected chi connectivity index (χ3v) is 7.92. The van der Waals surface area contributed by atoms with E-state index in [1.165, 1.54) is 31.5 Å². The van der Waals surface area contributed by atoms with Crippen LogP contribution in [0, 0.1) is 17.0 Å². The van der Waals surface area contributed by atoms with Gasteiger partial charge in [0.1, 0.15) is 23.6 Å². The van der Waals surface area contributed by atoms with Gasteiger partial charge in [-0.05, 0) is 88.5 Å². The van der Waals surface area contributed by atoms with E-state index in [0.717, 1.165) is 0 Å². The van der Waals surface area contributed by atoms with E-state index in [0.29, 0.717) is 61.1 Å². The lowest BCUT2D eigenvalue weighted by Gasteiger charge is -2.40. The molecule has 1 amide bonds. The van der Waals surface area contributed by atoms with E-state index in [2.05, 4.69) is 9.88 Å². The molecule has 2 heterocycles. The van der Waals surface area contributed by atoms with Crippen LogP contribution in [0.4, 0.5) is 13.2 Å². The number of amides is 1. The van der Waals surface area contributed by atoms with Crippen LogP contribution < -0.4 is 10.2 Å². The van der Waals surface area contributed by atoms with Gasteiger partial charge in [0, 0.05) is 22.7 Å². The van der Waals surface area contributed by atoms with Gasteiger partial charge in [0.25, 0.3) is 0 Å². The molecule has 2 N–H and O–H groups in total. The second-order valence-corrected chi connectivity index (χ2v) is 10.2. The molecule has 1 aliphatic rings. The Balaban J connectivity index is 1.40. The number of benzene rings is 2. The molecule has 38 heavy (non-hydrogen) atoms. The number of nitrogens with zero attached hydrogens (tertiary/aromatic N) is 2. The van der Waals surface area contributed by atoms with E-state index in [9.17, 15) is 18.8 Å². The topological polar surface area (TPSA) is 74.7 Å². The Labute approximate surface area is 224 Å². The Bertz CT molecular complexity index is 1260. The fraction of sp³-hybridized carbons (Fsp3) is 0.429. The predicted octanol–water partition coefficient (Wildman–Crippen LogP) is 6.19. The number of methoxy groups -OCH3 is 1. The molecule has 1 aromatic heterocycles. The molecular weight excluding hydrogens is 519 g/mol. The molecule has 0 saturated carbocycles. The minimum absolute atomic E-state index is 0.0238. The second-order valence-electron chi connectivity index (χ2n) is 9.78. The van der Waals surface area contributed by atoms with Gasteiger partial charge >= 0.3 is 0 Å². The Morgan fingerprint density at radius 1 is 1.24 bits per heavy atom. The first-order valence-electron chi connectivity index (χ1n) is 12.6. The standard InChI is InChI=1S/C28H31ClF3N3O3/c1-38-18-7-8-25-20(16-18)26(21(29)17-33-25)24(32)9-10-28(27(36)34-37)11-14-35(15-12-28)13-3-4-19-22(30)5-2-6-23(19)31/h2,5-8,16-17,24,37H,3-4,9-15H2,1H3,(H,34,36). The molecular formula is C28H31ClF3N3O3. The number of hydrogen-bond donors (Lipinski definition) is 2. The Hall–Kier alpha value is -2.88. The maximum absolute atomic E-state index is 15.7. The molecule has 0 aliphatic carbocycles. The zero-order valence-corrected chi connectivity index (χ0v) is 21.9. The molecule has 0 spiro atoms. The summed E-state index contributed by atoms with van der Waals surface area (Å²) >= 11 is 6.35. The highest BCUT2D eigenvalue weighted by Gasteiger charge is 2.41. The van der Waals surface area contributed by atoms with Crippen LogP contribution in [0.5, 0.6) is 5.75 Å². The van der Waals surface area contributed by atoms with Gasteiger partial charge in [-0.3, -0.25) is 15.0 Å². The SMILES string of the molecule is COc1ccc2ncc(Cl)c(C(F)CCC3(C(=O)NO)CCN(CCCc4c(F)cccc4F)CC3)c2c1. The monoisotopic (exact) mass is 549 g/mol. The van der Waals surface area contributed by atoms with Crippen LogP contribution in [0.15, 0.2) is 42.6 Å². The van der Waals surface area contributed by atoms with Crippen molar-refractivity contribution in [1.29, 1.82) is 0 Å². The summed E-state index contributed by atoms with van der Waals surface area (Å²) in [7, 11) is 1.52. The van der Waals surface area contributed by atoms with Crippen molar-refractivity contribution in [3.63, 3.8) is 0 Å². The van der Waals surface area contributed by atoms with E-state index in [1.807, 2.05) is 0 Å². The highest BCUT2D eigenvalue weighted by Crippen LogP contribution is 2.42. The lowest BCUT2D eigenvalue weighted by atomic mass is 9.73. The van der Waals surface area contributed by atoms with Crippen molar-refractivity contribution in [1.82, 2.24) is 15.4 Å². The van der Waals surface area contributed by atoms with Crippen molar-refractivity contribution in [2.24, 2.45) is 5.41 Å². The molecule has 1 unspecified atom stereocenters. The molecule has 6 nitrogen and oxygen atoms in total. The van der Waals surface area contributed by atoms with Gasteiger partial charge in [0.2, 0.25) is 5.91 Å². The Morgan fingerprint density at radius 2 is 1.95 bits per heavy atom. The number of hydroxylamine groups is 1. The summed E-state index contributed by atoms with van der Waals surface area (Å²) in [5.41, 5.74) is 1.78. The number of fused-ring (bicyclic) bond motifs is 1. The summed E-state index contributed by atoms with van der Waals surface area (Å²) in [6.07, 6.45) is 1.84. The molecule has 204 valence electrons. The van der Waals surface area contributed by atoms with Gasteiger partial charge in [-0.15, -0.1) is 0 Å². The summed E-state index contributed by atoms with van der Waals surface area (Å²) in [5.74, 6) is -1.09. The number of halogens is 4. The Morgan fingerprint density at radius 3 is 2.61 bits per heavy atom. The fourth-order valence-electron chi connectivity index (χ4n) is 5.32. The van der Waals surface area contributed by atoms with Crippen LogP contribution in [-0.4, -0.2) is 47.7 Å². The van der Waals surface area contributed by atoms with Gasteiger partial charge in [0.05, 0.1) is 23.1 Å². The number of alkyl halides is 1. The zero-order chi connectivity index (χ0) is 27.3. The first-order valence-corrected chi connectivity index (χ1v) is 13.0. The number of hydrogen-bond acceptors (Lipinski definition) is 5. The van der Waals surface area contributed by atoms with Gasteiger partial charge in [-0.25, -0.2) is 18.7 Å². The average Bonchev–Trinajstić information content (AvgIpc) is 2.93. The van der Waals surface area contributed by atoms with Crippen LogP contribution in [-0.2, 0) is 11.2 Å². The van der Waals surface area contributed by atoms with Crippen LogP contribution in [0.2, 0.25) is 5.02 Å². The highest BCUT2D eigenvalue weighted by molar-refractivity contribution is 6.32. The second kappa shape index (κ2) is 12.3. The van der Waals surface area contributed by atoms with Gasteiger partial charge in [-0.1, -0.05) is 17.7 Å². The van der Waals surface area contributed by atoms with E-state index < -0.39 is 29.1 Å². The number of carbonyl (C=O) groups excluding carboxylic acids is 1. The fourth-order valence-corrected chi connectivity index (χ4v) is 5.59. The van der Waals surface area contributed by atoms with E-state index in [4.69, 9.17) is 16.3 Å². The number of pyridine rings is 1. The van der Waals surface area contributed by atoms with Crippen LogP contribution in [0.25, 0.3) is 10.9 Å². The molecule has 1 fully saturated rings. The van der Waals surface area contributed by atoms with Crippen molar-refractivity contribution in [3.05, 3.63) is 70.4 Å². The zero-order valence-electron chi connectivity index (χ0n) is 21.2. The molecule has 1 atom stereocenters. The first kappa shape index (κ1) is 28.1. The van der Waals surface area contributed by atoms with E-state index >= 15 is 4.39 Å². The van der Waals surface area contributed by atoms with Gasteiger partial charge in [-0.2, -0.15) is 0 Å². The number of rotatable bonds is 10. The largest absolute Gasteiger partial charge is 0.497 e. The van der Waals surface area contributed by atoms with E-state index in [-0.39, 0.29) is 29.8 Å². The predicted molar refractivity (Wildman–Crippen MR) is 139 cm³/mol. The van der Waals surface area contributed by atoms with E-state index in [1.54, 1.807) is 23.7 Å². The number of nitrogens with one attached hydrogen (secondary N) is 1. The maximum Gasteiger partial charge on any atom is 0.249 e. The molecule has 2 aromatic carbocycles. The van der Waals surface area contributed by atoms with Crippen molar-refractivity contribution in [2.45, 2.75) is 44.7 Å². The summed E-state index contributed by atoms with van der Waals surface area (Å²) in [6.45, 7) is 1.69. The van der Waals surface area contributed by atoms with Gasteiger partial charge < -0.3 is 9.64 Å². The highest BCUT2D eigenvalue weighted by atomic mass is 35.5. The molecule has 0 bridgehead atoms. The normalized spacial score (nSPS) is 16.4.